The lowest BCUT2D eigenvalue weighted by molar-refractivity contribution is -0.153. The van der Waals surface area contributed by atoms with E-state index in [0.29, 0.717) is 18.4 Å². The zero-order valence-electron chi connectivity index (χ0n) is 10.7. The zero-order valence-corrected chi connectivity index (χ0v) is 12.3. The van der Waals surface area contributed by atoms with Crippen molar-refractivity contribution in [2.75, 3.05) is 6.54 Å². The lowest BCUT2D eigenvalue weighted by Crippen LogP contribution is -2.47. The van der Waals surface area contributed by atoms with Gasteiger partial charge in [-0.1, -0.05) is 22.4 Å². The number of hydrogen-bond donors (Lipinski definition) is 2. The van der Waals surface area contributed by atoms with Crippen molar-refractivity contribution < 1.29 is 14.7 Å². The fourth-order valence-corrected chi connectivity index (χ4v) is 2.77. The first kappa shape index (κ1) is 14.1. The number of carbonyl (C=O) groups excluding carboxylic acids is 1. The minimum absolute atomic E-state index is 0.205. The molecular formula is C14H16BrNO3. The smallest absolute Gasteiger partial charge is 0.311 e. The van der Waals surface area contributed by atoms with Gasteiger partial charge in [0.05, 0.1) is 5.41 Å². The summed E-state index contributed by atoms with van der Waals surface area (Å²) in [6.07, 6.45) is 2.20. The predicted molar refractivity (Wildman–Crippen MR) is 75.1 cm³/mol. The van der Waals surface area contributed by atoms with Crippen LogP contribution in [-0.4, -0.2) is 23.5 Å². The van der Waals surface area contributed by atoms with E-state index in [0.717, 1.165) is 16.5 Å². The van der Waals surface area contributed by atoms with Gasteiger partial charge in [0, 0.05) is 16.6 Å². The van der Waals surface area contributed by atoms with Crippen molar-refractivity contribution in [1.82, 2.24) is 5.32 Å². The molecule has 2 N–H and O–H groups in total. The van der Waals surface area contributed by atoms with Crippen molar-refractivity contribution in [3.05, 3.63) is 33.8 Å². The van der Waals surface area contributed by atoms with Crippen molar-refractivity contribution in [3.8, 4) is 0 Å². The molecule has 1 fully saturated rings. The van der Waals surface area contributed by atoms with Crippen molar-refractivity contribution in [2.24, 2.45) is 5.41 Å². The van der Waals surface area contributed by atoms with Crippen molar-refractivity contribution in [2.45, 2.75) is 26.2 Å². The Kier molecular flexibility index (Phi) is 3.94. The summed E-state index contributed by atoms with van der Waals surface area (Å²) in [7, 11) is 0. The molecule has 19 heavy (non-hydrogen) atoms. The van der Waals surface area contributed by atoms with Gasteiger partial charge in [-0.2, -0.15) is 0 Å². The van der Waals surface area contributed by atoms with E-state index in [1.54, 1.807) is 12.1 Å². The molecule has 0 radical (unpaired) electrons. The minimum Gasteiger partial charge on any atom is -0.481 e. The molecule has 0 unspecified atom stereocenters. The molecule has 5 heteroatoms. The van der Waals surface area contributed by atoms with E-state index in [4.69, 9.17) is 0 Å². The largest absolute Gasteiger partial charge is 0.481 e. The standard InChI is InChI=1S/C14H16BrNO3/c1-9-7-10(15)3-4-11(9)12(17)16-8-14(13(18)19)5-2-6-14/h3-4,7H,2,5-6,8H2,1H3,(H,16,17)(H,18,19). The van der Waals surface area contributed by atoms with E-state index in [-0.39, 0.29) is 12.5 Å². The van der Waals surface area contributed by atoms with Crippen LogP contribution in [0.25, 0.3) is 0 Å². The Labute approximate surface area is 120 Å². The minimum atomic E-state index is -0.813. The molecule has 1 aliphatic rings. The molecule has 0 bridgehead atoms. The first-order valence-corrected chi connectivity index (χ1v) is 7.02. The Morgan fingerprint density at radius 1 is 1.42 bits per heavy atom. The Balaban J connectivity index is 2.03. The number of amides is 1. The van der Waals surface area contributed by atoms with Crippen molar-refractivity contribution in [3.63, 3.8) is 0 Å². The summed E-state index contributed by atoms with van der Waals surface area (Å²) in [6.45, 7) is 2.06. The zero-order chi connectivity index (χ0) is 14.0. The second-order valence-electron chi connectivity index (χ2n) is 5.08. The highest BCUT2D eigenvalue weighted by Gasteiger charge is 2.44. The van der Waals surface area contributed by atoms with E-state index >= 15 is 0 Å². The van der Waals surface area contributed by atoms with Crippen LogP contribution in [0.4, 0.5) is 0 Å². The highest BCUT2D eigenvalue weighted by molar-refractivity contribution is 9.10. The molecular weight excluding hydrogens is 310 g/mol. The van der Waals surface area contributed by atoms with Crippen LogP contribution in [0, 0.1) is 12.3 Å². The number of aliphatic carboxylic acids is 1. The van der Waals surface area contributed by atoms with Gasteiger partial charge in [0.2, 0.25) is 0 Å². The molecule has 0 aromatic heterocycles. The number of aryl methyl sites for hydroxylation is 1. The van der Waals surface area contributed by atoms with E-state index < -0.39 is 11.4 Å². The predicted octanol–water partition coefficient (Wildman–Crippen LogP) is 2.74. The van der Waals surface area contributed by atoms with Crippen LogP contribution in [-0.2, 0) is 4.79 Å². The second-order valence-corrected chi connectivity index (χ2v) is 6.00. The third-order valence-corrected chi connectivity index (χ3v) is 4.28. The van der Waals surface area contributed by atoms with Crippen LogP contribution in [0.1, 0.15) is 35.2 Å². The highest BCUT2D eigenvalue weighted by atomic mass is 79.9. The van der Waals surface area contributed by atoms with E-state index in [9.17, 15) is 14.7 Å². The van der Waals surface area contributed by atoms with Gasteiger partial charge in [-0.05, 0) is 43.5 Å². The summed E-state index contributed by atoms with van der Waals surface area (Å²) >= 11 is 3.35. The fourth-order valence-electron chi connectivity index (χ4n) is 2.30. The molecule has 102 valence electrons. The number of carboxylic acid groups (broad SMARTS) is 1. The number of rotatable bonds is 4. The molecule has 2 rings (SSSR count). The number of benzene rings is 1. The maximum absolute atomic E-state index is 12.1. The second kappa shape index (κ2) is 5.33. The van der Waals surface area contributed by atoms with E-state index in [2.05, 4.69) is 21.2 Å². The summed E-state index contributed by atoms with van der Waals surface area (Å²) in [5.74, 6) is -1.02. The Hall–Kier alpha value is -1.36. The van der Waals surface area contributed by atoms with Gasteiger partial charge in [0.15, 0.2) is 0 Å². The van der Waals surface area contributed by atoms with E-state index in [1.165, 1.54) is 0 Å². The van der Waals surface area contributed by atoms with Gasteiger partial charge in [0.1, 0.15) is 0 Å². The van der Waals surface area contributed by atoms with Crippen molar-refractivity contribution in [1.29, 1.82) is 0 Å². The maximum atomic E-state index is 12.1. The lowest BCUT2D eigenvalue weighted by Gasteiger charge is -2.37. The molecule has 1 aromatic rings. The van der Waals surface area contributed by atoms with Crippen LogP contribution >= 0.6 is 15.9 Å². The molecule has 1 aromatic carbocycles. The lowest BCUT2D eigenvalue weighted by atomic mass is 9.69. The van der Waals surface area contributed by atoms with Crippen LogP contribution in [0.3, 0.4) is 0 Å². The number of carbonyl (C=O) groups is 2. The van der Waals surface area contributed by atoms with Gasteiger partial charge in [0.25, 0.3) is 5.91 Å². The molecule has 0 atom stereocenters. The Morgan fingerprint density at radius 2 is 2.11 bits per heavy atom. The molecule has 4 nitrogen and oxygen atoms in total. The van der Waals surface area contributed by atoms with Crippen molar-refractivity contribution >= 4 is 27.8 Å². The van der Waals surface area contributed by atoms with Gasteiger partial charge in [-0.15, -0.1) is 0 Å². The number of carboxylic acids is 1. The maximum Gasteiger partial charge on any atom is 0.311 e. The average molecular weight is 326 g/mol. The third-order valence-electron chi connectivity index (χ3n) is 3.78. The topological polar surface area (TPSA) is 66.4 Å². The first-order chi connectivity index (χ1) is 8.94. The molecule has 1 amide bonds. The first-order valence-electron chi connectivity index (χ1n) is 6.22. The van der Waals surface area contributed by atoms with Gasteiger partial charge >= 0.3 is 5.97 Å². The summed E-state index contributed by atoms with van der Waals surface area (Å²) < 4.78 is 0.919. The van der Waals surface area contributed by atoms with Crippen LogP contribution in [0.2, 0.25) is 0 Å². The molecule has 0 spiro atoms. The fraction of sp³-hybridized carbons (Fsp3) is 0.429. The SMILES string of the molecule is Cc1cc(Br)ccc1C(=O)NCC1(C(=O)O)CCC1. The number of halogens is 1. The average Bonchev–Trinajstić information content (AvgIpc) is 2.26. The summed E-state index contributed by atoms with van der Waals surface area (Å²) in [4.78, 5) is 23.3. The number of hydrogen-bond acceptors (Lipinski definition) is 2. The summed E-state index contributed by atoms with van der Waals surface area (Å²) in [5.41, 5.74) is 0.701. The molecule has 0 aliphatic heterocycles. The normalized spacial score (nSPS) is 16.5. The van der Waals surface area contributed by atoms with Crippen LogP contribution < -0.4 is 5.32 Å². The van der Waals surface area contributed by atoms with Crippen LogP contribution in [0.15, 0.2) is 22.7 Å². The molecule has 0 heterocycles. The number of nitrogens with one attached hydrogen (secondary N) is 1. The van der Waals surface area contributed by atoms with Crippen LogP contribution in [0.5, 0.6) is 0 Å². The quantitative estimate of drug-likeness (QED) is 0.894. The van der Waals surface area contributed by atoms with Gasteiger partial charge < -0.3 is 10.4 Å². The molecule has 1 aliphatic carbocycles. The Morgan fingerprint density at radius 3 is 2.58 bits per heavy atom. The van der Waals surface area contributed by atoms with E-state index in [1.807, 2.05) is 13.0 Å². The summed E-state index contributed by atoms with van der Waals surface area (Å²) in [6, 6.07) is 5.41. The molecule has 1 saturated carbocycles. The third kappa shape index (κ3) is 2.81. The Bertz CT molecular complexity index is 523. The molecule has 0 saturated heterocycles. The summed E-state index contributed by atoms with van der Waals surface area (Å²) in [5, 5.41) is 11.9. The van der Waals surface area contributed by atoms with Gasteiger partial charge in [-0.3, -0.25) is 9.59 Å². The highest BCUT2D eigenvalue weighted by Crippen LogP contribution is 2.40. The van der Waals surface area contributed by atoms with Gasteiger partial charge in [-0.25, -0.2) is 0 Å². The monoisotopic (exact) mass is 325 g/mol.